The molecule has 158 valence electrons. The zero-order chi connectivity index (χ0) is 21.2. The van der Waals surface area contributed by atoms with Gasteiger partial charge in [-0.15, -0.1) is 11.3 Å². The highest BCUT2D eigenvalue weighted by Crippen LogP contribution is 2.30. The van der Waals surface area contributed by atoms with Crippen LogP contribution in [0.2, 0.25) is 0 Å². The first-order chi connectivity index (χ1) is 13.5. The van der Waals surface area contributed by atoms with E-state index in [0.717, 1.165) is 36.6 Å². The fourth-order valence-electron chi connectivity index (χ4n) is 3.74. The maximum absolute atomic E-state index is 13.0. The molecule has 1 aromatic carbocycles. The molecular formula is C24H35N3OS. The monoisotopic (exact) mass is 413 g/mol. The van der Waals surface area contributed by atoms with Crippen LogP contribution >= 0.6 is 11.3 Å². The summed E-state index contributed by atoms with van der Waals surface area (Å²) in [7, 11) is 0. The molecule has 3 rings (SSSR count). The predicted molar refractivity (Wildman–Crippen MR) is 123 cm³/mol. The van der Waals surface area contributed by atoms with E-state index >= 15 is 0 Å². The number of benzene rings is 1. The van der Waals surface area contributed by atoms with Crippen LogP contribution in [-0.2, 0) is 10.8 Å². The summed E-state index contributed by atoms with van der Waals surface area (Å²) in [5.74, 6) is 0.498. The maximum atomic E-state index is 13.0. The van der Waals surface area contributed by atoms with E-state index in [4.69, 9.17) is 0 Å². The molecule has 4 nitrogen and oxygen atoms in total. The largest absolute Gasteiger partial charge is 0.352 e. The van der Waals surface area contributed by atoms with E-state index in [2.05, 4.69) is 74.9 Å². The number of rotatable bonds is 4. The average molecular weight is 414 g/mol. The highest BCUT2D eigenvalue weighted by Gasteiger charge is 2.24. The summed E-state index contributed by atoms with van der Waals surface area (Å²) in [5.41, 5.74) is 3.21. The molecule has 1 aromatic heterocycles. The number of carbonyl (C=O) groups is 1. The van der Waals surface area contributed by atoms with Crippen LogP contribution in [0, 0.1) is 5.92 Å². The Hall–Kier alpha value is -1.88. The summed E-state index contributed by atoms with van der Waals surface area (Å²) in [6.45, 7) is 15.9. The van der Waals surface area contributed by atoms with Crippen molar-refractivity contribution in [3.05, 3.63) is 46.5 Å². The van der Waals surface area contributed by atoms with Gasteiger partial charge in [-0.3, -0.25) is 4.79 Å². The lowest BCUT2D eigenvalue weighted by atomic mass is 9.79. The van der Waals surface area contributed by atoms with Crippen LogP contribution in [-0.4, -0.2) is 30.5 Å². The van der Waals surface area contributed by atoms with Gasteiger partial charge in [0, 0.05) is 36.8 Å². The third-order valence-corrected chi connectivity index (χ3v) is 6.52. The number of piperidine rings is 1. The Morgan fingerprint density at radius 2 is 1.79 bits per heavy atom. The zero-order valence-electron chi connectivity index (χ0n) is 18.7. The van der Waals surface area contributed by atoms with E-state index in [-0.39, 0.29) is 16.7 Å². The van der Waals surface area contributed by atoms with Gasteiger partial charge < -0.3 is 10.2 Å². The van der Waals surface area contributed by atoms with E-state index in [9.17, 15) is 4.79 Å². The first-order valence-corrected chi connectivity index (χ1v) is 11.5. The van der Waals surface area contributed by atoms with Crippen LogP contribution in [0.5, 0.6) is 0 Å². The van der Waals surface area contributed by atoms with Crippen molar-refractivity contribution in [1.82, 2.24) is 10.3 Å². The number of hydrogen-bond acceptors (Lipinski definition) is 4. The molecule has 1 aliphatic heterocycles. The third-order valence-electron chi connectivity index (χ3n) is 5.69. The molecule has 1 saturated heterocycles. The molecule has 0 radical (unpaired) electrons. The summed E-state index contributed by atoms with van der Waals surface area (Å²) >= 11 is 1.69. The lowest BCUT2D eigenvalue weighted by Gasteiger charge is -2.32. The Kier molecular flexibility index (Phi) is 6.37. The zero-order valence-corrected chi connectivity index (χ0v) is 19.5. The normalized spacial score (nSPS) is 18.0. The first-order valence-electron chi connectivity index (χ1n) is 10.6. The van der Waals surface area contributed by atoms with E-state index in [0.29, 0.717) is 12.5 Å². The Morgan fingerprint density at radius 3 is 2.34 bits per heavy atom. The van der Waals surface area contributed by atoms with Crippen molar-refractivity contribution in [2.75, 3.05) is 24.5 Å². The minimum atomic E-state index is 0.00781. The van der Waals surface area contributed by atoms with Crippen LogP contribution in [0.25, 0.3) is 0 Å². The third kappa shape index (κ3) is 5.59. The second-order valence-electron chi connectivity index (χ2n) is 10.3. The molecule has 1 aliphatic rings. The number of amides is 1. The first kappa shape index (κ1) is 21.8. The molecule has 1 atom stereocenters. The van der Waals surface area contributed by atoms with Crippen molar-refractivity contribution in [1.29, 1.82) is 0 Å². The summed E-state index contributed by atoms with van der Waals surface area (Å²) < 4.78 is 0. The molecule has 29 heavy (non-hydrogen) atoms. The molecule has 2 aromatic rings. The lowest BCUT2D eigenvalue weighted by Crippen LogP contribution is -2.41. The number of aromatic nitrogens is 1. The van der Waals surface area contributed by atoms with Crippen LogP contribution in [0.1, 0.15) is 75.9 Å². The summed E-state index contributed by atoms with van der Waals surface area (Å²) in [5, 5.41) is 6.32. The van der Waals surface area contributed by atoms with Gasteiger partial charge in [-0.1, -0.05) is 47.6 Å². The topological polar surface area (TPSA) is 45.2 Å². The number of nitrogens with zero attached hydrogens (tertiary/aromatic N) is 2. The molecule has 5 heteroatoms. The lowest BCUT2D eigenvalue weighted by molar-refractivity contribution is 0.0945. The van der Waals surface area contributed by atoms with Gasteiger partial charge in [0.2, 0.25) is 0 Å². The maximum Gasteiger partial charge on any atom is 0.251 e. The molecule has 0 bridgehead atoms. The van der Waals surface area contributed by atoms with Gasteiger partial charge in [-0.2, -0.15) is 0 Å². The van der Waals surface area contributed by atoms with E-state index < -0.39 is 0 Å². The molecule has 1 amide bonds. The quantitative estimate of drug-likeness (QED) is 0.731. The minimum Gasteiger partial charge on any atom is -0.352 e. The van der Waals surface area contributed by atoms with Gasteiger partial charge >= 0.3 is 0 Å². The van der Waals surface area contributed by atoms with Gasteiger partial charge in [0.05, 0.1) is 0 Å². The standard InChI is InChI=1S/C24H35N3OS/c1-23(2,3)19-12-18(13-20(14-19)24(4,5)6)21(28)26-15-17-8-7-10-27(16-17)22-25-9-11-29-22/h9,11-14,17H,7-8,10,15-16H2,1-6H3,(H,26,28). The Labute approximate surface area is 179 Å². The van der Waals surface area contributed by atoms with Crippen molar-refractivity contribution in [3.8, 4) is 0 Å². The summed E-state index contributed by atoms with van der Waals surface area (Å²) in [4.78, 5) is 19.8. The van der Waals surface area contributed by atoms with Gasteiger partial charge in [0.25, 0.3) is 5.91 Å². The second kappa shape index (κ2) is 8.47. The highest BCUT2D eigenvalue weighted by atomic mass is 32.1. The highest BCUT2D eigenvalue weighted by molar-refractivity contribution is 7.13. The SMILES string of the molecule is CC(C)(C)c1cc(C(=O)NCC2CCCN(c3nccs3)C2)cc(C(C)(C)C)c1. The van der Waals surface area contributed by atoms with Crippen molar-refractivity contribution >= 4 is 22.4 Å². The van der Waals surface area contributed by atoms with Gasteiger partial charge in [-0.05, 0) is 52.8 Å². The van der Waals surface area contributed by atoms with Crippen molar-refractivity contribution < 1.29 is 4.79 Å². The predicted octanol–water partition coefficient (Wildman–Crippen LogP) is 5.38. The molecule has 0 saturated carbocycles. The Bertz CT molecular complexity index is 799. The molecule has 1 unspecified atom stereocenters. The van der Waals surface area contributed by atoms with Crippen molar-refractivity contribution in [2.45, 2.75) is 65.2 Å². The summed E-state index contributed by atoms with van der Waals surface area (Å²) in [6, 6.07) is 6.38. The van der Waals surface area contributed by atoms with E-state index in [1.807, 2.05) is 11.6 Å². The Morgan fingerprint density at radius 1 is 1.14 bits per heavy atom. The van der Waals surface area contributed by atoms with E-state index in [1.54, 1.807) is 11.3 Å². The fourth-order valence-corrected chi connectivity index (χ4v) is 4.42. The van der Waals surface area contributed by atoms with E-state index in [1.165, 1.54) is 11.1 Å². The fraction of sp³-hybridized carbons (Fsp3) is 0.583. The smallest absolute Gasteiger partial charge is 0.251 e. The second-order valence-corrected chi connectivity index (χ2v) is 11.2. The number of nitrogens with one attached hydrogen (secondary N) is 1. The number of hydrogen-bond donors (Lipinski definition) is 1. The molecule has 1 fully saturated rings. The molecule has 0 spiro atoms. The minimum absolute atomic E-state index is 0.00781. The Balaban J connectivity index is 1.70. The number of carbonyl (C=O) groups excluding carboxylic acids is 1. The molecule has 0 aliphatic carbocycles. The van der Waals surface area contributed by atoms with Gasteiger partial charge in [0.15, 0.2) is 5.13 Å². The average Bonchev–Trinajstić information content (AvgIpc) is 3.19. The molecule has 1 N–H and O–H groups in total. The van der Waals surface area contributed by atoms with Crippen LogP contribution in [0.3, 0.4) is 0 Å². The van der Waals surface area contributed by atoms with Crippen LogP contribution in [0.15, 0.2) is 29.8 Å². The number of anilines is 1. The van der Waals surface area contributed by atoms with Gasteiger partial charge in [-0.25, -0.2) is 4.98 Å². The van der Waals surface area contributed by atoms with Gasteiger partial charge in [0.1, 0.15) is 0 Å². The number of thiazole rings is 1. The molecule has 2 heterocycles. The van der Waals surface area contributed by atoms with Crippen molar-refractivity contribution in [3.63, 3.8) is 0 Å². The summed E-state index contributed by atoms with van der Waals surface area (Å²) in [6.07, 6.45) is 4.16. The van der Waals surface area contributed by atoms with Crippen LogP contribution in [0.4, 0.5) is 5.13 Å². The van der Waals surface area contributed by atoms with Crippen molar-refractivity contribution in [2.24, 2.45) is 5.92 Å². The van der Waals surface area contributed by atoms with Crippen LogP contribution < -0.4 is 10.2 Å². The molecular weight excluding hydrogens is 378 g/mol.